The van der Waals surface area contributed by atoms with Crippen molar-refractivity contribution in [2.45, 2.75) is 26.2 Å². The second-order valence-corrected chi connectivity index (χ2v) is 9.43. The van der Waals surface area contributed by atoms with E-state index in [4.69, 9.17) is 4.74 Å². The number of carbonyl (C=O) groups is 3. The lowest BCUT2D eigenvalue weighted by molar-refractivity contribution is -0.117. The first-order chi connectivity index (χ1) is 15.3. The number of hydrogen-bond donors (Lipinski definition) is 1. The molecule has 0 atom stereocenters. The summed E-state index contributed by atoms with van der Waals surface area (Å²) in [6, 6.07) is 10.5. The lowest BCUT2D eigenvalue weighted by Crippen LogP contribution is -2.39. The van der Waals surface area contributed by atoms with Crippen LogP contribution in [-0.2, 0) is 16.0 Å². The highest BCUT2D eigenvalue weighted by molar-refractivity contribution is 7.18. The highest BCUT2D eigenvalue weighted by Gasteiger charge is 2.28. The molecule has 1 aliphatic heterocycles. The Morgan fingerprint density at radius 3 is 2.41 bits per heavy atom. The molecule has 0 saturated carbocycles. The van der Waals surface area contributed by atoms with Crippen molar-refractivity contribution in [2.75, 3.05) is 46.2 Å². The van der Waals surface area contributed by atoms with Gasteiger partial charge in [0.2, 0.25) is 5.91 Å². The monoisotopic (exact) mass is 457 g/mol. The lowest BCUT2D eigenvalue weighted by atomic mass is 9.90. The summed E-state index contributed by atoms with van der Waals surface area (Å²) in [5.74, 6) is -0.337. The van der Waals surface area contributed by atoms with Crippen LogP contribution >= 0.6 is 11.3 Å². The summed E-state index contributed by atoms with van der Waals surface area (Å²) in [5.41, 5.74) is 2.13. The Labute approximate surface area is 193 Å². The molecule has 0 spiro atoms. The molecule has 7 nitrogen and oxygen atoms in total. The summed E-state index contributed by atoms with van der Waals surface area (Å²) in [5, 5.41) is 3.21. The Morgan fingerprint density at radius 2 is 1.81 bits per heavy atom. The average molecular weight is 458 g/mol. The second-order valence-electron chi connectivity index (χ2n) is 8.41. The number of nitrogens with one attached hydrogen (secondary N) is 1. The van der Waals surface area contributed by atoms with Crippen LogP contribution in [0.15, 0.2) is 30.3 Å². The first-order valence-corrected chi connectivity index (χ1v) is 11.6. The fraction of sp³-hybridized carbons (Fsp3) is 0.458. The maximum absolute atomic E-state index is 12.7. The predicted octanol–water partition coefficient (Wildman–Crippen LogP) is 3.44. The van der Waals surface area contributed by atoms with E-state index in [1.165, 1.54) is 17.6 Å². The Kier molecular flexibility index (Phi) is 8.04. The van der Waals surface area contributed by atoms with Gasteiger partial charge in [-0.25, -0.2) is 4.79 Å². The van der Waals surface area contributed by atoms with Crippen molar-refractivity contribution in [1.82, 2.24) is 9.80 Å². The molecule has 8 heteroatoms. The summed E-state index contributed by atoms with van der Waals surface area (Å²) >= 11 is 1.12. The topological polar surface area (TPSA) is 79.0 Å². The van der Waals surface area contributed by atoms with Gasteiger partial charge in [0.15, 0.2) is 0 Å². The first kappa shape index (κ1) is 23.9. The number of ether oxygens (including phenoxy) is 1. The molecular formula is C24H31N3O4S. The largest absolute Gasteiger partial charge is 0.465 e. The minimum atomic E-state index is -0.561. The number of likely N-dealkylation sites (tertiary alicyclic amines) is 1. The molecule has 1 aromatic heterocycles. The molecule has 1 saturated heterocycles. The maximum atomic E-state index is 12.7. The van der Waals surface area contributed by atoms with Gasteiger partial charge in [-0.3, -0.25) is 14.5 Å². The van der Waals surface area contributed by atoms with E-state index in [9.17, 15) is 14.4 Å². The number of anilines is 1. The van der Waals surface area contributed by atoms with Crippen LogP contribution in [0.25, 0.3) is 0 Å². The van der Waals surface area contributed by atoms with E-state index in [-0.39, 0.29) is 23.9 Å². The molecule has 2 amide bonds. The fourth-order valence-corrected chi connectivity index (χ4v) is 5.25. The smallest absolute Gasteiger partial charge is 0.341 e. The number of esters is 1. The van der Waals surface area contributed by atoms with E-state index in [1.807, 2.05) is 6.07 Å². The molecule has 1 fully saturated rings. The van der Waals surface area contributed by atoms with Crippen LogP contribution in [0.5, 0.6) is 0 Å². The molecule has 1 aliphatic rings. The fourth-order valence-electron chi connectivity index (χ4n) is 4.02. The second kappa shape index (κ2) is 10.7. The number of thiophene rings is 1. The molecule has 32 heavy (non-hydrogen) atoms. The van der Waals surface area contributed by atoms with Gasteiger partial charge in [0.05, 0.1) is 24.1 Å². The normalized spacial score (nSPS) is 14.8. The number of piperidine rings is 1. The van der Waals surface area contributed by atoms with Gasteiger partial charge in [0.25, 0.3) is 5.91 Å². The minimum Gasteiger partial charge on any atom is -0.465 e. The van der Waals surface area contributed by atoms with Crippen molar-refractivity contribution in [3.05, 3.63) is 51.9 Å². The van der Waals surface area contributed by atoms with Crippen LogP contribution in [0.4, 0.5) is 5.00 Å². The Balaban J connectivity index is 1.60. The number of rotatable bonds is 7. The summed E-state index contributed by atoms with van der Waals surface area (Å²) in [6.07, 6.45) is 3.17. The molecular weight excluding hydrogens is 426 g/mol. The molecule has 0 unspecified atom stereocenters. The molecule has 0 bridgehead atoms. The Hall–Kier alpha value is -2.71. The van der Waals surface area contributed by atoms with Crippen molar-refractivity contribution in [2.24, 2.45) is 5.92 Å². The third-order valence-corrected chi connectivity index (χ3v) is 7.03. The molecule has 2 aromatic rings. The van der Waals surface area contributed by atoms with Gasteiger partial charge in [0.1, 0.15) is 5.00 Å². The quantitative estimate of drug-likeness (QED) is 0.645. The van der Waals surface area contributed by atoms with Crippen LogP contribution in [-0.4, -0.2) is 68.4 Å². The number of benzene rings is 1. The van der Waals surface area contributed by atoms with Crippen molar-refractivity contribution in [3.8, 4) is 0 Å². The van der Waals surface area contributed by atoms with Crippen LogP contribution in [0, 0.1) is 12.8 Å². The summed E-state index contributed by atoms with van der Waals surface area (Å²) in [6.45, 7) is 3.68. The summed E-state index contributed by atoms with van der Waals surface area (Å²) < 4.78 is 4.88. The highest BCUT2D eigenvalue weighted by atomic mass is 32.1. The molecule has 3 rings (SSSR count). The molecule has 172 valence electrons. The van der Waals surface area contributed by atoms with Gasteiger partial charge >= 0.3 is 5.97 Å². The zero-order valence-electron chi connectivity index (χ0n) is 19.1. The van der Waals surface area contributed by atoms with Crippen molar-refractivity contribution < 1.29 is 19.1 Å². The van der Waals surface area contributed by atoms with Crippen LogP contribution in [0.1, 0.15) is 44.0 Å². The minimum absolute atomic E-state index is 0.193. The van der Waals surface area contributed by atoms with Crippen LogP contribution in [0.2, 0.25) is 0 Å². The molecule has 0 radical (unpaired) electrons. The van der Waals surface area contributed by atoms with E-state index >= 15 is 0 Å². The van der Waals surface area contributed by atoms with E-state index in [0.717, 1.165) is 43.7 Å². The van der Waals surface area contributed by atoms with Gasteiger partial charge < -0.3 is 15.0 Å². The van der Waals surface area contributed by atoms with E-state index in [1.54, 1.807) is 21.0 Å². The van der Waals surface area contributed by atoms with E-state index < -0.39 is 5.97 Å². The average Bonchev–Trinajstić information content (AvgIpc) is 3.10. The number of methoxy groups -OCH3 is 1. The standard InChI is InChI=1S/C24H31N3O4S/c1-16-20(24(30)31-4)22(32-21(16)23(29)26(2)3)25-19(28)15-27-12-10-18(11-13-27)14-17-8-6-5-7-9-17/h5-9,18H,10-15H2,1-4H3,(H,25,28). The Morgan fingerprint density at radius 1 is 1.16 bits per heavy atom. The zero-order valence-corrected chi connectivity index (χ0v) is 20.0. The van der Waals surface area contributed by atoms with Gasteiger partial charge in [-0.1, -0.05) is 30.3 Å². The first-order valence-electron chi connectivity index (χ1n) is 10.8. The number of nitrogens with zero attached hydrogens (tertiary/aromatic N) is 2. The summed E-state index contributed by atoms with van der Waals surface area (Å²) in [7, 11) is 4.59. The van der Waals surface area contributed by atoms with Gasteiger partial charge in [-0.05, 0) is 56.3 Å². The maximum Gasteiger partial charge on any atom is 0.341 e. The van der Waals surface area contributed by atoms with E-state index in [2.05, 4.69) is 34.5 Å². The van der Waals surface area contributed by atoms with Crippen LogP contribution < -0.4 is 5.32 Å². The molecule has 1 aromatic carbocycles. The zero-order chi connectivity index (χ0) is 23.3. The van der Waals surface area contributed by atoms with Gasteiger partial charge in [-0.2, -0.15) is 0 Å². The predicted molar refractivity (Wildman–Crippen MR) is 126 cm³/mol. The van der Waals surface area contributed by atoms with Gasteiger partial charge in [-0.15, -0.1) is 11.3 Å². The number of amides is 2. The highest BCUT2D eigenvalue weighted by Crippen LogP contribution is 2.34. The molecule has 1 N–H and O–H groups in total. The lowest BCUT2D eigenvalue weighted by Gasteiger charge is -2.31. The van der Waals surface area contributed by atoms with Crippen molar-refractivity contribution in [1.29, 1.82) is 0 Å². The van der Waals surface area contributed by atoms with Crippen molar-refractivity contribution in [3.63, 3.8) is 0 Å². The molecule has 2 heterocycles. The third-order valence-electron chi connectivity index (χ3n) is 5.83. The Bertz CT molecular complexity index is 963. The van der Waals surface area contributed by atoms with Gasteiger partial charge in [0, 0.05) is 14.1 Å². The van der Waals surface area contributed by atoms with Crippen LogP contribution in [0.3, 0.4) is 0 Å². The SMILES string of the molecule is COC(=O)c1c(NC(=O)CN2CCC(Cc3ccccc3)CC2)sc(C(=O)N(C)C)c1C. The van der Waals surface area contributed by atoms with E-state index in [0.29, 0.717) is 21.4 Å². The number of carbonyl (C=O) groups excluding carboxylic acids is 3. The number of hydrogen-bond acceptors (Lipinski definition) is 6. The third kappa shape index (κ3) is 5.75. The molecule has 0 aliphatic carbocycles. The summed E-state index contributed by atoms with van der Waals surface area (Å²) in [4.78, 5) is 41.5. The van der Waals surface area contributed by atoms with Crippen molar-refractivity contribution >= 4 is 34.1 Å².